The minimum atomic E-state index is -3.78. The Balaban J connectivity index is 1.56. The van der Waals surface area contributed by atoms with Gasteiger partial charge in [0.15, 0.2) is 0 Å². The van der Waals surface area contributed by atoms with E-state index in [1.54, 1.807) is 54.6 Å². The lowest BCUT2D eigenvalue weighted by Gasteiger charge is -2.34. The van der Waals surface area contributed by atoms with Crippen molar-refractivity contribution < 1.29 is 17.9 Å². The van der Waals surface area contributed by atoms with Crippen LogP contribution in [0.5, 0.6) is 5.75 Å². The summed E-state index contributed by atoms with van der Waals surface area (Å²) in [6, 6.07) is 20.2. The molecule has 3 aromatic carbocycles. The van der Waals surface area contributed by atoms with E-state index in [0.717, 1.165) is 4.47 Å². The van der Waals surface area contributed by atoms with Gasteiger partial charge in [-0.15, -0.1) is 0 Å². The van der Waals surface area contributed by atoms with Crippen LogP contribution in [0.4, 0.5) is 11.4 Å². The van der Waals surface area contributed by atoms with Crippen LogP contribution in [0.2, 0.25) is 0 Å². The molecule has 0 radical (unpaired) electrons. The number of para-hydroxylation sites is 2. The molecule has 0 spiro atoms. The second-order valence-electron chi connectivity index (χ2n) is 6.92. The summed E-state index contributed by atoms with van der Waals surface area (Å²) in [7, 11) is -3.78. The SMILES string of the molecule is CC1CN(S(=O)(=O)c2ccc(NC(=O)c3ccc(Br)cc3)cc2)c2ccccc2O1. The number of carbonyl (C=O) groups is 1. The number of hydrogen-bond acceptors (Lipinski definition) is 4. The number of anilines is 2. The molecule has 8 heteroatoms. The number of ether oxygens (including phenoxy) is 1. The van der Waals surface area contributed by atoms with Crippen LogP contribution in [-0.2, 0) is 10.0 Å². The Labute approximate surface area is 183 Å². The van der Waals surface area contributed by atoms with Crippen LogP contribution in [0.1, 0.15) is 17.3 Å². The van der Waals surface area contributed by atoms with Gasteiger partial charge in [0.1, 0.15) is 11.9 Å². The maximum Gasteiger partial charge on any atom is 0.264 e. The predicted octanol–water partition coefficient (Wildman–Crippen LogP) is 4.68. The fourth-order valence-corrected chi connectivity index (χ4v) is 5.03. The van der Waals surface area contributed by atoms with Gasteiger partial charge in [-0.3, -0.25) is 9.10 Å². The van der Waals surface area contributed by atoms with Crippen LogP contribution in [0.25, 0.3) is 0 Å². The summed E-state index contributed by atoms with van der Waals surface area (Å²) in [4.78, 5) is 12.5. The average Bonchev–Trinajstić information content (AvgIpc) is 2.74. The quantitative estimate of drug-likeness (QED) is 0.580. The molecule has 0 fully saturated rings. The van der Waals surface area contributed by atoms with Crippen molar-refractivity contribution in [3.8, 4) is 5.75 Å². The van der Waals surface area contributed by atoms with Crippen molar-refractivity contribution in [2.75, 3.05) is 16.2 Å². The van der Waals surface area contributed by atoms with Gasteiger partial charge in [0.2, 0.25) is 0 Å². The van der Waals surface area contributed by atoms with E-state index < -0.39 is 10.0 Å². The molecule has 154 valence electrons. The molecule has 1 aliphatic heterocycles. The van der Waals surface area contributed by atoms with Gasteiger partial charge in [0, 0.05) is 15.7 Å². The van der Waals surface area contributed by atoms with Gasteiger partial charge in [-0.2, -0.15) is 0 Å². The predicted molar refractivity (Wildman–Crippen MR) is 120 cm³/mol. The van der Waals surface area contributed by atoms with Crippen molar-refractivity contribution in [1.82, 2.24) is 0 Å². The Kier molecular flexibility index (Phi) is 5.53. The lowest BCUT2D eigenvalue weighted by Crippen LogP contribution is -2.42. The lowest BCUT2D eigenvalue weighted by molar-refractivity contribution is 0.102. The molecule has 0 bridgehead atoms. The highest BCUT2D eigenvalue weighted by Crippen LogP contribution is 2.36. The second-order valence-corrected chi connectivity index (χ2v) is 9.70. The van der Waals surface area contributed by atoms with Crippen molar-refractivity contribution in [2.45, 2.75) is 17.9 Å². The third-order valence-electron chi connectivity index (χ3n) is 4.69. The van der Waals surface area contributed by atoms with Crippen LogP contribution in [0, 0.1) is 0 Å². The number of amides is 1. The fourth-order valence-electron chi connectivity index (χ4n) is 3.22. The van der Waals surface area contributed by atoms with Crippen LogP contribution in [-0.4, -0.2) is 27.0 Å². The largest absolute Gasteiger partial charge is 0.487 e. The van der Waals surface area contributed by atoms with Gasteiger partial charge in [-0.05, 0) is 67.6 Å². The summed E-state index contributed by atoms with van der Waals surface area (Å²) < 4.78 is 34.5. The molecule has 0 saturated carbocycles. The Morgan fingerprint density at radius 3 is 2.40 bits per heavy atom. The highest BCUT2D eigenvalue weighted by Gasteiger charge is 2.32. The molecule has 3 aromatic rings. The Hall–Kier alpha value is -2.84. The summed E-state index contributed by atoms with van der Waals surface area (Å²) in [6.45, 7) is 2.06. The maximum atomic E-state index is 13.3. The molecule has 1 atom stereocenters. The molecule has 0 aliphatic carbocycles. The number of nitrogens with one attached hydrogen (secondary N) is 1. The van der Waals surface area contributed by atoms with Crippen molar-refractivity contribution in [1.29, 1.82) is 0 Å². The van der Waals surface area contributed by atoms with Crippen molar-refractivity contribution in [2.24, 2.45) is 0 Å². The zero-order valence-electron chi connectivity index (χ0n) is 16.1. The lowest BCUT2D eigenvalue weighted by atomic mass is 10.2. The van der Waals surface area contributed by atoms with Crippen molar-refractivity contribution in [3.05, 3.63) is 82.8 Å². The summed E-state index contributed by atoms with van der Waals surface area (Å²) in [5, 5.41) is 2.78. The minimum Gasteiger partial charge on any atom is -0.487 e. The number of halogens is 1. The molecule has 0 aromatic heterocycles. The zero-order chi connectivity index (χ0) is 21.3. The van der Waals surface area contributed by atoms with E-state index >= 15 is 0 Å². The summed E-state index contributed by atoms with van der Waals surface area (Å²) in [5.41, 5.74) is 1.54. The first-order valence-electron chi connectivity index (χ1n) is 9.30. The number of sulfonamides is 1. The third kappa shape index (κ3) is 4.06. The molecular weight excluding hydrogens is 468 g/mol. The molecule has 1 amide bonds. The van der Waals surface area contributed by atoms with Crippen LogP contribution in [0.3, 0.4) is 0 Å². The Morgan fingerprint density at radius 1 is 1.03 bits per heavy atom. The van der Waals surface area contributed by atoms with Gasteiger partial charge in [-0.1, -0.05) is 28.1 Å². The van der Waals surface area contributed by atoms with Crippen LogP contribution < -0.4 is 14.4 Å². The molecule has 1 N–H and O–H groups in total. The molecule has 30 heavy (non-hydrogen) atoms. The first kappa shape index (κ1) is 20.4. The van der Waals surface area contributed by atoms with Gasteiger partial charge in [0.05, 0.1) is 17.1 Å². The summed E-state index contributed by atoms with van der Waals surface area (Å²) in [6.07, 6.45) is -0.265. The van der Waals surface area contributed by atoms with Crippen molar-refractivity contribution >= 4 is 43.2 Å². The first-order chi connectivity index (χ1) is 14.3. The Bertz CT molecular complexity index is 1180. The van der Waals surface area contributed by atoms with Crippen LogP contribution >= 0.6 is 15.9 Å². The monoisotopic (exact) mass is 486 g/mol. The number of nitrogens with zero attached hydrogens (tertiary/aromatic N) is 1. The molecule has 0 saturated heterocycles. The minimum absolute atomic E-state index is 0.146. The van der Waals surface area contributed by atoms with Gasteiger partial charge >= 0.3 is 0 Å². The Morgan fingerprint density at radius 2 is 1.70 bits per heavy atom. The standard InChI is InChI=1S/C22H19BrN2O4S/c1-15-14-25(20-4-2-3-5-21(20)29-15)30(27,28)19-12-10-18(11-13-19)24-22(26)16-6-8-17(23)9-7-16/h2-13,15H,14H2,1H3,(H,24,26). The van der Waals surface area contributed by atoms with Gasteiger partial charge < -0.3 is 10.1 Å². The first-order valence-corrected chi connectivity index (χ1v) is 11.5. The number of carbonyl (C=O) groups excluding carboxylic acids is 1. The number of benzene rings is 3. The van der Waals surface area contributed by atoms with Gasteiger partial charge in [-0.25, -0.2) is 8.42 Å². The average molecular weight is 487 g/mol. The zero-order valence-corrected chi connectivity index (χ0v) is 18.5. The normalized spacial score (nSPS) is 15.8. The van der Waals surface area contributed by atoms with E-state index in [1.165, 1.54) is 16.4 Å². The van der Waals surface area contributed by atoms with Crippen molar-refractivity contribution in [3.63, 3.8) is 0 Å². The van der Waals surface area contributed by atoms with E-state index in [0.29, 0.717) is 22.7 Å². The molecule has 6 nitrogen and oxygen atoms in total. The number of hydrogen-bond donors (Lipinski definition) is 1. The maximum absolute atomic E-state index is 13.3. The van der Waals surface area contributed by atoms with E-state index in [4.69, 9.17) is 4.74 Å². The molecule has 1 unspecified atom stereocenters. The molecular formula is C22H19BrN2O4S. The van der Waals surface area contributed by atoms with E-state index in [2.05, 4.69) is 21.2 Å². The van der Waals surface area contributed by atoms with E-state index in [9.17, 15) is 13.2 Å². The molecule has 1 heterocycles. The van der Waals surface area contributed by atoms with Gasteiger partial charge in [0.25, 0.3) is 15.9 Å². The summed E-state index contributed by atoms with van der Waals surface area (Å²) >= 11 is 3.33. The highest BCUT2D eigenvalue weighted by atomic mass is 79.9. The number of fused-ring (bicyclic) bond motifs is 1. The second kappa shape index (κ2) is 8.12. The third-order valence-corrected chi connectivity index (χ3v) is 7.01. The molecule has 4 rings (SSSR count). The van der Waals surface area contributed by atoms with E-state index in [1.807, 2.05) is 13.0 Å². The number of rotatable bonds is 4. The fraction of sp³-hybridized carbons (Fsp3) is 0.136. The smallest absolute Gasteiger partial charge is 0.264 e. The highest BCUT2D eigenvalue weighted by molar-refractivity contribution is 9.10. The van der Waals surface area contributed by atoms with E-state index in [-0.39, 0.29) is 23.5 Å². The summed E-state index contributed by atoms with van der Waals surface area (Å²) in [5.74, 6) is 0.271. The topological polar surface area (TPSA) is 75.7 Å². The van der Waals surface area contributed by atoms with Crippen LogP contribution in [0.15, 0.2) is 82.2 Å². The molecule has 1 aliphatic rings.